The van der Waals surface area contributed by atoms with Gasteiger partial charge in [0, 0.05) is 12.6 Å². The third-order valence-corrected chi connectivity index (χ3v) is 3.05. The number of esters is 2. The maximum Gasteiger partial charge on any atom is 0.339 e. The van der Waals surface area contributed by atoms with Crippen LogP contribution in [0.5, 0.6) is 5.75 Å². The van der Waals surface area contributed by atoms with E-state index in [-0.39, 0.29) is 17.9 Å². The van der Waals surface area contributed by atoms with Gasteiger partial charge in [0.25, 0.3) is 0 Å². The summed E-state index contributed by atoms with van der Waals surface area (Å²) >= 11 is 0. The second-order valence-electron chi connectivity index (χ2n) is 4.81. The molecule has 1 rings (SSSR count). The SMILES string of the molecule is C=C(CC(=O)OC)C(=O)Oc1ccc(CC(N)C(=O)NC)cc1. The van der Waals surface area contributed by atoms with Crippen molar-refractivity contribution < 1.29 is 23.9 Å². The van der Waals surface area contributed by atoms with Crippen LogP contribution in [0, 0.1) is 0 Å². The number of hydrogen-bond donors (Lipinski definition) is 2. The molecule has 0 radical (unpaired) electrons. The second-order valence-corrected chi connectivity index (χ2v) is 4.81. The molecule has 0 bridgehead atoms. The summed E-state index contributed by atoms with van der Waals surface area (Å²) in [5.74, 6) is -1.21. The molecule has 1 aromatic carbocycles. The van der Waals surface area contributed by atoms with Gasteiger partial charge in [0.1, 0.15) is 5.75 Å². The molecular formula is C16H20N2O5. The van der Waals surface area contributed by atoms with Crippen molar-refractivity contribution in [2.75, 3.05) is 14.2 Å². The Bertz CT molecular complexity index is 595. The van der Waals surface area contributed by atoms with Crippen LogP contribution in [-0.4, -0.2) is 38.0 Å². The fourth-order valence-corrected chi connectivity index (χ4v) is 1.72. The maximum atomic E-state index is 11.8. The van der Waals surface area contributed by atoms with Crippen molar-refractivity contribution in [3.05, 3.63) is 42.0 Å². The van der Waals surface area contributed by atoms with Crippen LogP contribution in [-0.2, 0) is 25.5 Å². The van der Waals surface area contributed by atoms with Crippen molar-refractivity contribution in [3.8, 4) is 5.75 Å². The van der Waals surface area contributed by atoms with E-state index in [9.17, 15) is 14.4 Å². The van der Waals surface area contributed by atoms with Crippen LogP contribution in [0.3, 0.4) is 0 Å². The molecular weight excluding hydrogens is 300 g/mol. The van der Waals surface area contributed by atoms with Gasteiger partial charge >= 0.3 is 11.9 Å². The summed E-state index contributed by atoms with van der Waals surface area (Å²) in [6, 6.07) is 5.92. The van der Waals surface area contributed by atoms with Crippen LogP contribution < -0.4 is 15.8 Å². The van der Waals surface area contributed by atoms with Gasteiger partial charge in [0.2, 0.25) is 5.91 Å². The number of carbonyl (C=O) groups excluding carboxylic acids is 3. The molecule has 1 unspecified atom stereocenters. The van der Waals surface area contributed by atoms with Gasteiger partial charge < -0.3 is 20.5 Å². The molecule has 0 heterocycles. The molecule has 1 atom stereocenters. The molecule has 0 aliphatic carbocycles. The molecule has 0 saturated carbocycles. The zero-order valence-electron chi connectivity index (χ0n) is 13.1. The Morgan fingerprint density at radius 3 is 2.39 bits per heavy atom. The molecule has 124 valence electrons. The minimum Gasteiger partial charge on any atom is -0.469 e. The lowest BCUT2D eigenvalue weighted by Gasteiger charge is -2.10. The standard InChI is InChI=1S/C16H20N2O5/c1-10(8-14(19)22-3)16(21)23-12-6-4-11(5-7-12)9-13(17)15(20)18-2/h4-7,13H,1,8-9,17H2,2-3H3,(H,18,20). The highest BCUT2D eigenvalue weighted by atomic mass is 16.5. The summed E-state index contributed by atoms with van der Waals surface area (Å²) in [4.78, 5) is 34.2. The monoisotopic (exact) mass is 320 g/mol. The van der Waals surface area contributed by atoms with E-state index in [4.69, 9.17) is 10.5 Å². The molecule has 1 aromatic rings. The maximum absolute atomic E-state index is 11.8. The molecule has 0 aromatic heterocycles. The number of ether oxygens (including phenoxy) is 2. The second kappa shape index (κ2) is 8.70. The number of nitrogens with two attached hydrogens (primary N) is 1. The fourth-order valence-electron chi connectivity index (χ4n) is 1.72. The number of nitrogens with one attached hydrogen (secondary N) is 1. The molecule has 1 amide bonds. The summed E-state index contributed by atoms with van der Waals surface area (Å²) in [7, 11) is 2.75. The van der Waals surface area contributed by atoms with E-state index in [1.54, 1.807) is 24.3 Å². The summed E-state index contributed by atoms with van der Waals surface area (Å²) in [5, 5.41) is 2.47. The summed E-state index contributed by atoms with van der Waals surface area (Å²) in [6.45, 7) is 3.49. The molecule has 7 nitrogen and oxygen atoms in total. The van der Waals surface area contributed by atoms with Crippen LogP contribution in [0.1, 0.15) is 12.0 Å². The highest BCUT2D eigenvalue weighted by molar-refractivity contribution is 5.94. The number of benzene rings is 1. The Kier molecular flexibility index (Phi) is 6.95. The summed E-state index contributed by atoms with van der Waals surface area (Å²) in [6.07, 6.45) is 0.136. The van der Waals surface area contributed by atoms with Gasteiger partial charge in [-0.2, -0.15) is 0 Å². The molecule has 0 aliphatic heterocycles. The third-order valence-electron chi connectivity index (χ3n) is 3.05. The van der Waals surface area contributed by atoms with Gasteiger partial charge in [-0.3, -0.25) is 9.59 Å². The topological polar surface area (TPSA) is 108 Å². The van der Waals surface area contributed by atoms with E-state index >= 15 is 0 Å². The van der Waals surface area contributed by atoms with Crippen LogP contribution in [0.2, 0.25) is 0 Å². The van der Waals surface area contributed by atoms with Crippen molar-refractivity contribution in [2.45, 2.75) is 18.9 Å². The van der Waals surface area contributed by atoms with Crippen LogP contribution in [0.4, 0.5) is 0 Å². The zero-order chi connectivity index (χ0) is 17.4. The van der Waals surface area contributed by atoms with Crippen LogP contribution in [0.15, 0.2) is 36.4 Å². The third kappa shape index (κ3) is 5.91. The van der Waals surface area contributed by atoms with E-state index in [1.807, 2.05) is 0 Å². The van der Waals surface area contributed by atoms with Gasteiger partial charge in [-0.25, -0.2) is 4.79 Å². The van der Waals surface area contributed by atoms with Crippen molar-refractivity contribution >= 4 is 17.8 Å². The number of amides is 1. The van der Waals surface area contributed by atoms with E-state index in [0.717, 1.165) is 5.56 Å². The first-order valence-electron chi connectivity index (χ1n) is 6.90. The predicted molar refractivity (Wildman–Crippen MR) is 83.6 cm³/mol. The minimum atomic E-state index is -0.704. The summed E-state index contributed by atoms with van der Waals surface area (Å²) in [5.41, 5.74) is 6.56. The quantitative estimate of drug-likeness (QED) is 0.426. The Labute approximate surface area is 134 Å². The lowest BCUT2D eigenvalue weighted by Crippen LogP contribution is -2.40. The normalized spacial score (nSPS) is 11.3. The van der Waals surface area contributed by atoms with Gasteiger partial charge in [-0.1, -0.05) is 18.7 Å². The van der Waals surface area contributed by atoms with Crippen molar-refractivity contribution in [2.24, 2.45) is 5.73 Å². The van der Waals surface area contributed by atoms with E-state index in [2.05, 4.69) is 16.6 Å². The van der Waals surface area contributed by atoms with Crippen LogP contribution >= 0.6 is 0 Å². The van der Waals surface area contributed by atoms with Crippen molar-refractivity contribution in [1.29, 1.82) is 0 Å². The molecule has 0 aliphatic rings. The number of hydrogen-bond acceptors (Lipinski definition) is 6. The van der Waals surface area contributed by atoms with Crippen LogP contribution in [0.25, 0.3) is 0 Å². The van der Waals surface area contributed by atoms with E-state index in [0.29, 0.717) is 12.2 Å². The van der Waals surface area contributed by atoms with E-state index in [1.165, 1.54) is 14.2 Å². The first-order chi connectivity index (χ1) is 10.9. The Balaban J connectivity index is 2.60. The average molecular weight is 320 g/mol. The number of rotatable bonds is 7. The average Bonchev–Trinajstić information content (AvgIpc) is 2.55. The number of likely N-dealkylation sites (N-methyl/N-ethyl adjacent to an activating group) is 1. The lowest BCUT2D eigenvalue weighted by atomic mass is 10.1. The molecule has 0 fully saturated rings. The predicted octanol–water partition coefficient (Wildman–Crippen LogP) is 0.327. The van der Waals surface area contributed by atoms with Gasteiger partial charge in [0.15, 0.2) is 0 Å². The highest BCUT2D eigenvalue weighted by Crippen LogP contribution is 2.15. The van der Waals surface area contributed by atoms with Gasteiger partial charge in [-0.05, 0) is 24.1 Å². The smallest absolute Gasteiger partial charge is 0.339 e. The highest BCUT2D eigenvalue weighted by Gasteiger charge is 2.15. The summed E-state index contributed by atoms with van der Waals surface area (Å²) < 4.78 is 9.54. The number of methoxy groups -OCH3 is 1. The van der Waals surface area contributed by atoms with Gasteiger partial charge in [0.05, 0.1) is 19.6 Å². The molecule has 3 N–H and O–H groups in total. The first-order valence-corrected chi connectivity index (χ1v) is 6.90. The molecule has 7 heteroatoms. The Morgan fingerprint density at radius 2 is 1.87 bits per heavy atom. The Morgan fingerprint density at radius 1 is 1.26 bits per heavy atom. The first kappa shape index (κ1) is 18.4. The number of carbonyl (C=O) groups is 3. The minimum absolute atomic E-state index is 0.00238. The lowest BCUT2D eigenvalue weighted by molar-refractivity contribution is -0.141. The largest absolute Gasteiger partial charge is 0.469 e. The van der Waals surface area contributed by atoms with Crippen molar-refractivity contribution in [3.63, 3.8) is 0 Å². The Hall–Kier alpha value is -2.67. The van der Waals surface area contributed by atoms with Gasteiger partial charge in [-0.15, -0.1) is 0 Å². The zero-order valence-corrected chi connectivity index (χ0v) is 13.1. The fraction of sp³-hybridized carbons (Fsp3) is 0.312. The molecule has 23 heavy (non-hydrogen) atoms. The molecule has 0 spiro atoms. The van der Waals surface area contributed by atoms with Crippen molar-refractivity contribution in [1.82, 2.24) is 5.32 Å². The van der Waals surface area contributed by atoms with E-state index < -0.39 is 18.0 Å². The molecule has 0 saturated heterocycles.